The van der Waals surface area contributed by atoms with Gasteiger partial charge in [-0.05, 0) is 71.6 Å². The number of rotatable bonds is 5. The Bertz CT molecular complexity index is 768. The molecule has 160 valence electrons. The number of nitrogen functional groups attached to an aromatic ring is 1. The van der Waals surface area contributed by atoms with Gasteiger partial charge >= 0.3 is 13.2 Å². The van der Waals surface area contributed by atoms with E-state index in [-0.39, 0.29) is 6.54 Å². The zero-order valence-corrected chi connectivity index (χ0v) is 18.7. The molecule has 0 bridgehead atoms. The molecule has 3 N–H and O–H groups in total. The summed E-state index contributed by atoms with van der Waals surface area (Å²) in [6.07, 6.45) is 1.38. The fraction of sp³-hybridized carbons (Fsp3) is 0.571. The summed E-state index contributed by atoms with van der Waals surface area (Å²) in [4.78, 5) is 12.2. The van der Waals surface area contributed by atoms with E-state index in [2.05, 4.69) is 5.32 Å². The molecule has 1 aliphatic heterocycles. The summed E-state index contributed by atoms with van der Waals surface area (Å²) in [5.41, 5.74) is 6.52. The van der Waals surface area contributed by atoms with E-state index in [0.717, 1.165) is 11.0 Å². The minimum Gasteiger partial charge on any atom is -0.497 e. The van der Waals surface area contributed by atoms with Gasteiger partial charge in [-0.3, -0.25) is 0 Å². The Morgan fingerprint density at radius 2 is 1.76 bits per heavy atom. The van der Waals surface area contributed by atoms with Crippen LogP contribution in [-0.4, -0.2) is 43.7 Å². The quantitative estimate of drug-likeness (QED) is 0.573. The van der Waals surface area contributed by atoms with Crippen molar-refractivity contribution in [1.82, 2.24) is 5.32 Å². The van der Waals surface area contributed by atoms with Gasteiger partial charge in [-0.25, -0.2) is 4.79 Å². The van der Waals surface area contributed by atoms with Crippen LogP contribution in [0, 0.1) is 0 Å². The van der Waals surface area contributed by atoms with Crippen molar-refractivity contribution < 1.29 is 23.6 Å². The third-order valence-corrected chi connectivity index (χ3v) is 4.93. The van der Waals surface area contributed by atoms with Gasteiger partial charge in [-0.1, -0.05) is 6.08 Å². The van der Waals surface area contributed by atoms with Gasteiger partial charge in [0, 0.05) is 18.3 Å². The smallest absolute Gasteiger partial charge is 0.492 e. The number of carbonyl (C=O) groups is 1. The first kappa shape index (κ1) is 23.1. The Balaban J connectivity index is 2.31. The minimum atomic E-state index is -0.623. The number of carbonyl (C=O) groups excluding carboxylic acids is 1. The summed E-state index contributed by atoms with van der Waals surface area (Å²) in [6, 6.07) is 5.42. The Kier molecular flexibility index (Phi) is 6.60. The highest BCUT2D eigenvalue weighted by Gasteiger charge is 2.52. The number of benzene rings is 1. The fourth-order valence-corrected chi connectivity index (χ4v) is 2.75. The molecule has 0 spiro atoms. The van der Waals surface area contributed by atoms with Gasteiger partial charge in [-0.2, -0.15) is 0 Å². The molecule has 29 heavy (non-hydrogen) atoms. The number of hydrogen-bond donors (Lipinski definition) is 2. The standard InChI is InChI=1S/C21H33BN2O5/c1-19(2,3)27-18(25)24-13-15(22-28-20(4,5)21(6,7)29-22)9-14-10-16(23)12-17(11-14)26-8/h9-12H,13,23H2,1-8H3,(H,24,25). The molecule has 0 unspecified atom stereocenters. The maximum Gasteiger partial charge on any atom is 0.492 e. The first-order valence-corrected chi connectivity index (χ1v) is 9.70. The topological polar surface area (TPSA) is 92.0 Å². The number of alkyl carbamates (subject to hydrolysis) is 1. The third-order valence-electron chi connectivity index (χ3n) is 4.93. The lowest BCUT2D eigenvalue weighted by atomic mass is 9.77. The molecule has 1 aromatic carbocycles. The van der Waals surface area contributed by atoms with Gasteiger partial charge in [0.2, 0.25) is 0 Å². The molecule has 0 aliphatic carbocycles. The van der Waals surface area contributed by atoms with Crippen LogP contribution in [0.3, 0.4) is 0 Å². The molecule has 1 fully saturated rings. The van der Waals surface area contributed by atoms with E-state index < -0.39 is 30.0 Å². The summed E-state index contributed by atoms with van der Waals surface area (Å²) in [7, 11) is 0.962. The number of nitrogens with one attached hydrogen (secondary N) is 1. The van der Waals surface area contributed by atoms with Crippen molar-refractivity contribution in [3.63, 3.8) is 0 Å². The Morgan fingerprint density at radius 3 is 2.28 bits per heavy atom. The maximum atomic E-state index is 12.2. The number of anilines is 1. The van der Waals surface area contributed by atoms with Crippen LogP contribution in [0.25, 0.3) is 6.08 Å². The van der Waals surface area contributed by atoms with Crippen LogP contribution in [0.1, 0.15) is 54.0 Å². The van der Waals surface area contributed by atoms with Crippen molar-refractivity contribution in [3.8, 4) is 5.75 Å². The Hall–Kier alpha value is -2.19. The van der Waals surface area contributed by atoms with E-state index >= 15 is 0 Å². The van der Waals surface area contributed by atoms with E-state index in [1.54, 1.807) is 13.2 Å². The largest absolute Gasteiger partial charge is 0.497 e. The van der Waals surface area contributed by atoms with Crippen molar-refractivity contribution in [2.75, 3.05) is 19.4 Å². The van der Waals surface area contributed by atoms with Crippen LogP contribution in [0.15, 0.2) is 23.7 Å². The average Bonchev–Trinajstić information content (AvgIpc) is 2.77. The Morgan fingerprint density at radius 1 is 1.17 bits per heavy atom. The highest BCUT2D eigenvalue weighted by atomic mass is 16.7. The van der Waals surface area contributed by atoms with Gasteiger partial charge in [0.15, 0.2) is 0 Å². The molecule has 2 rings (SSSR count). The lowest BCUT2D eigenvalue weighted by Gasteiger charge is -2.32. The average molecular weight is 404 g/mol. The molecule has 0 saturated carbocycles. The van der Waals surface area contributed by atoms with Crippen LogP contribution in [0.5, 0.6) is 5.75 Å². The second kappa shape index (κ2) is 8.28. The highest BCUT2D eigenvalue weighted by Crippen LogP contribution is 2.39. The van der Waals surface area contributed by atoms with E-state index in [1.165, 1.54) is 0 Å². The minimum absolute atomic E-state index is 0.197. The zero-order chi connectivity index (χ0) is 22.0. The predicted octanol–water partition coefficient (Wildman–Crippen LogP) is 3.82. The molecule has 0 atom stereocenters. The molecule has 0 radical (unpaired) electrons. The molecule has 7 nitrogen and oxygen atoms in total. The molecule has 1 saturated heterocycles. The highest BCUT2D eigenvalue weighted by molar-refractivity contribution is 6.56. The van der Waals surface area contributed by atoms with Gasteiger partial charge in [-0.15, -0.1) is 0 Å². The van der Waals surface area contributed by atoms with E-state index in [0.29, 0.717) is 11.4 Å². The molecule has 1 aromatic rings. The lowest BCUT2D eigenvalue weighted by molar-refractivity contribution is 0.00578. The van der Waals surface area contributed by atoms with Crippen molar-refractivity contribution in [1.29, 1.82) is 0 Å². The molecule has 1 amide bonds. The number of nitrogens with two attached hydrogens (primary N) is 1. The first-order chi connectivity index (χ1) is 13.2. The van der Waals surface area contributed by atoms with Crippen molar-refractivity contribution in [3.05, 3.63) is 29.2 Å². The summed E-state index contributed by atoms with van der Waals surface area (Å²) >= 11 is 0. The SMILES string of the molecule is COc1cc(N)cc(C=C(CNC(=O)OC(C)(C)C)B2OC(C)(C)C(C)(C)O2)c1. The fourth-order valence-electron chi connectivity index (χ4n) is 2.75. The summed E-state index contributed by atoms with van der Waals surface area (Å²) in [5.74, 6) is 0.643. The normalized spacial score (nSPS) is 18.5. The number of hydrogen-bond acceptors (Lipinski definition) is 6. The van der Waals surface area contributed by atoms with Gasteiger partial charge in [0.05, 0.1) is 18.3 Å². The number of amides is 1. The summed E-state index contributed by atoms with van der Waals surface area (Å²) in [6.45, 7) is 13.6. The molecule has 1 heterocycles. The van der Waals surface area contributed by atoms with Crippen LogP contribution in [0.4, 0.5) is 10.5 Å². The van der Waals surface area contributed by atoms with Crippen LogP contribution >= 0.6 is 0 Å². The van der Waals surface area contributed by atoms with Crippen molar-refractivity contribution in [2.24, 2.45) is 0 Å². The molecule has 8 heteroatoms. The van der Waals surface area contributed by atoms with E-state index in [1.807, 2.05) is 66.7 Å². The van der Waals surface area contributed by atoms with Crippen molar-refractivity contribution >= 4 is 25.0 Å². The summed E-state index contributed by atoms with van der Waals surface area (Å²) in [5, 5.41) is 2.78. The van der Waals surface area contributed by atoms with E-state index in [4.69, 9.17) is 24.5 Å². The zero-order valence-electron chi connectivity index (χ0n) is 18.7. The third kappa shape index (κ3) is 6.14. The molecular formula is C21H33BN2O5. The predicted molar refractivity (Wildman–Crippen MR) is 116 cm³/mol. The van der Waals surface area contributed by atoms with Crippen molar-refractivity contribution in [2.45, 2.75) is 65.3 Å². The van der Waals surface area contributed by atoms with Gasteiger partial charge in [0.25, 0.3) is 0 Å². The van der Waals surface area contributed by atoms with Gasteiger partial charge in [0.1, 0.15) is 11.4 Å². The van der Waals surface area contributed by atoms with Gasteiger partial charge < -0.3 is 29.8 Å². The second-order valence-electron chi connectivity index (χ2n) is 9.20. The number of ether oxygens (including phenoxy) is 2. The van der Waals surface area contributed by atoms with Crippen LogP contribution < -0.4 is 15.8 Å². The molecule has 0 aromatic heterocycles. The first-order valence-electron chi connectivity index (χ1n) is 9.70. The van der Waals surface area contributed by atoms with Crippen LogP contribution in [-0.2, 0) is 14.0 Å². The lowest BCUT2D eigenvalue weighted by Crippen LogP contribution is -2.41. The maximum absolute atomic E-state index is 12.2. The van der Waals surface area contributed by atoms with Crippen LogP contribution in [0.2, 0.25) is 0 Å². The van der Waals surface area contributed by atoms with E-state index in [9.17, 15) is 4.79 Å². The molecule has 1 aliphatic rings. The molecular weight excluding hydrogens is 371 g/mol. The monoisotopic (exact) mass is 404 g/mol. The Labute approximate surface area is 174 Å². The summed E-state index contributed by atoms with van der Waals surface area (Å²) < 4.78 is 23.0. The second-order valence-corrected chi connectivity index (χ2v) is 9.20. The number of methoxy groups -OCH3 is 1.